The van der Waals surface area contributed by atoms with Crippen molar-refractivity contribution in [1.82, 2.24) is 10.1 Å². The molecule has 1 saturated heterocycles. The quantitative estimate of drug-likeness (QED) is 0.631. The summed E-state index contributed by atoms with van der Waals surface area (Å²) >= 11 is 5.87. The molecule has 0 N–H and O–H groups in total. The smallest absolute Gasteiger partial charge is 0.294 e. The van der Waals surface area contributed by atoms with Gasteiger partial charge >= 0.3 is 0 Å². The van der Waals surface area contributed by atoms with E-state index in [0.717, 1.165) is 37.6 Å². The van der Waals surface area contributed by atoms with Crippen LogP contribution in [0.15, 0.2) is 28.8 Å². The van der Waals surface area contributed by atoms with Crippen molar-refractivity contribution < 1.29 is 9.45 Å². The van der Waals surface area contributed by atoms with Crippen molar-refractivity contribution in [3.8, 4) is 0 Å². The molecule has 2 aromatic rings. The maximum Gasteiger partial charge on any atom is 0.294 e. The summed E-state index contributed by atoms with van der Waals surface area (Å²) in [5, 5.41) is 15.5. The summed E-state index contributed by atoms with van der Waals surface area (Å²) < 4.78 is 5.23. The maximum absolute atomic E-state index is 11.2. The van der Waals surface area contributed by atoms with Gasteiger partial charge in [0, 0.05) is 43.3 Å². The molecule has 122 valence electrons. The molecule has 0 unspecified atom stereocenters. The van der Waals surface area contributed by atoms with E-state index in [2.05, 4.69) is 10.1 Å². The van der Waals surface area contributed by atoms with Crippen LogP contribution < -0.4 is 4.90 Å². The number of nitro benzene ring substituents is 1. The zero-order valence-corrected chi connectivity index (χ0v) is 13.5. The summed E-state index contributed by atoms with van der Waals surface area (Å²) in [5.74, 6) is 0.841. The van der Waals surface area contributed by atoms with Gasteiger partial charge in [0.2, 0.25) is 0 Å². The number of rotatable bonds is 4. The Morgan fingerprint density at radius 2 is 2.04 bits per heavy atom. The number of nitro groups is 1. The predicted octanol–water partition coefficient (Wildman–Crippen LogP) is 2.87. The van der Waals surface area contributed by atoms with E-state index >= 15 is 0 Å². The van der Waals surface area contributed by atoms with Crippen molar-refractivity contribution in [2.24, 2.45) is 0 Å². The Balaban J connectivity index is 1.66. The molecule has 0 atom stereocenters. The summed E-state index contributed by atoms with van der Waals surface area (Å²) in [5.41, 5.74) is 1.54. The van der Waals surface area contributed by atoms with E-state index in [1.165, 1.54) is 6.07 Å². The van der Waals surface area contributed by atoms with E-state index < -0.39 is 0 Å². The molecule has 1 aliphatic heterocycles. The van der Waals surface area contributed by atoms with Crippen molar-refractivity contribution in [2.75, 3.05) is 31.1 Å². The first-order valence-electron chi connectivity index (χ1n) is 7.36. The first-order chi connectivity index (χ1) is 11.0. The molecule has 3 rings (SSSR count). The highest BCUT2D eigenvalue weighted by Crippen LogP contribution is 2.31. The Morgan fingerprint density at radius 1 is 1.30 bits per heavy atom. The third-order valence-electron chi connectivity index (χ3n) is 3.90. The normalized spacial score (nSPS) is 15.8. The number of aryl methyl sites for hydroxylation is 1. The lowest BCUT2D eigenvalue weighted by atomic mass is 10.2. The molecular formula is C15H17ClN4O3. The summed E-state index contributed by atoms with van der Waals surface area (Å²) in [4.78, 5) is 15.1. The first-order valence-corrected chi connectivity index (χ1v) is 7.74. The van der Waals surface area contributed by atoms with Gasteiger partial charge in [-0.25, -0.2) is 0 Å². The zero-order chi connectivity index (χ0) is 16.4. The second kappa shape index (κ2) is 6.55. The Hall–Kier alpha value is -2.12. The lowest BCUT2D eigenvalue weighted by Crippen LogP contribution is -2.46. The first kappa shape index (κ1) is 15.8. The van der Waals surface area contributed by atoms with Crippen LogP contribution in [0.3, 0.4) is 0 Å². The second-order valence-corrected chi connectivity index (χ2v) is 6.02. The molecule has 8 heteroatoms. The average molecular weight is 337 g/mol. The zero-order valence-electron chi connectivity index (χ0n) is 12.7. The molecule has 1 aromatic carbocycles. The lowest BCUT2D eigenvalue weighted by Gasteiger charge is -2.35. The summed E-state index contributed by atoms with van der Waals surface area (Å²) in [6, 6.07) is 6.74. The van der Waals surface area contributed by atoms with Gasteiger partial charge in [0.25, 0.3) is 5.69 Å². The van der Waals surface area contributed by atoms with Crippen molar-refractivity contribution in [3.63, 3.8) is 0 Å². The summed E-state index contributed by atoms with van der Waals surface area (Å²) in [6.07, 6.45) is 0. The van der Waals surface area contributed by atoms with E-state index in [1.54, 1.807) is 12.1 Å². The van der Waals surface area contributed by atoms with E-state index in [9.17, 15) is 10.1 Å². The van der Waals surface area contributed by atoms with Gasteiger partial charge in [-0.1, -0.05) is 16.8 Å². The van der Waals surface area contributed by atoms with Crippen LogP contribution in [0.5, 0.6) is 0 Å². The van der Waals surface area contributed by atoms with Crippen LogP contribution in [0.1, 0.15) is 11.5 Å². The molecule has 1 fully saturated rings. The van der Waals surface area contributed by atoms with Crippen LogP contribution in [-0.4, -0.2) is 41.2 Å². The number of benzene rings is 1. The fourth-order valence-electron chi connectivity index (χ4n) is 2.77. The van der Waals surface area contributed by atoms with Gasteiger partial charge < -0.3 is 9.42 Å². The minimum absolute atomic E-state index is 0.0526. The van der Waals surface area contributed by atoms with Gasteiger partial charge in [-0.15, -0.1) is 0 Å². The minimum atomic E-state index is -0.384. The SMILES string of the molecule is Cc1cc(CN2CCN(c3ccc(Cl)cc3[N+](=O)[O-])CC2)on1. The standard InChI is InChI=1S/C15H17ClN4O3/c1-11-8-13(23-17-11)10-18-4-6-19(7-5-18)14-3-2-12(16)9-15(14)20(21)22/h2-3,8-9H,4-7,10H2,1H3. The average Bonchev–Trinajstić information content (AvgIpc) is 2.93. The minimum Gasteiger partial charge on any atom is -0.363 e. The third kappa shape index (κ3) is 3.62. The predicted molar refractivity (Wildman–Crippen MR) is 86.8 cm³/mol. The monoisotopic (exact) mass is 336 g/mol. The van der Waals surface area contributed by atoms with Crippen LogP contribution in [-0.2, 0) is 6.54 Å². The topological polar surface area (TPSA) is 75.7 Å². The largest absolute Gasteiger partial charge is 0.363 e. The molecule has 0 bridgehead atoms. The van der Waals surface area contributed by atoms with Crippen LogP contribution in [0.25, 0.3) is 0 Å². The Kier molecular flexibility index (Phi) is 4.49. The lowest BCUT2D eigenvalue weighted by molar-refractivity contribution is -0.384. The fourth-order valence-corrected chi connectivity index (χ4v) is 2.93. The number of hydrogen-bond acceptors (Lipinski definition) is 6. The Bertz CT molecular complexity index is 710. The van der Waals surface area contributed by atoms with Gasteiger partial charge in [0.15, 0.2) is 5.76 Å². The highest BCUT2D eigenvalue weighted by molar-refractivity contribution is 6.30. The molecule has 7 nitrogen and oxygen atoms in total. The highest BCUT2D eigenvalue weighted by Gasteiger charge is 2.24. The van der Waals surface area contributed by atoms with Gasteiger partial charge in [0.05, 0.1) is 17.2 Å². The number of anilines is 1. The molecule has 0 radical (unpaired) electrons. The van der Waals surface area contributed by atoms with E-state index in [0.29, 0.717) is 17.3 Å². The number of aromatic nitrogens is 1. The molecule has 23 heavy (non-hydrogen) atoms. The number of piperazine rings is 1. The molecule has 2 heterocycles. The van der Waals surface area contributed by atoms with E-state index in [4.69, 9.17) is 16.1 Å². The fraction of sp³-hybridized carbons (Fsp3) is 0.400. The van der Waals surface area contributed by atoms with E-state index in [1.807, 2.05) is 17.9 Å². The van der Waals surface area contributed by atoms with Crippen molar-refractivity contribution in [3.05, 3.63) is 50.9 Å². The number of hydrogen-bond donors (Lipinski definition) is 0. The van der Waals surface area contributed by atoms with Gasteiger partial charge in [0.1, 0.15) is 5.69 Å². The number of nitrogens with zero attached hydrogens (tertiary/aromatic N) is 4. The highest BCUT2D eigenvalue weighted by atomic mass is 35.5. The molecule has 1 aromatic heterocycles. The van der Waals surface area contributed by atoms with Crippen LogP contribution in [0.4, 0.5) is 11.4 Å². The van der Waals surface area contributed by atoms with Crippen LogP contribution in [0.2, 0.25) is 5.02 Å². The second-order valence-electron chi connectivity index (χ2n) is 5.59. The van der Waals surface area contributed by atoms with Gasteiger partial charge in [-0.2, -0.15) is 0 Å². The maximum atomic E-state index is 11.2. The molecule has 0 amide bonds. The Morgan fingerprint density at radius 3 is 2.65 bits per heavy atom. The summed E-state index contributed by atoms with van der Waals surface area (Å²) in [7, 11) is 0. The van der Waals surface area contributed by atoms with Crippen molar-refractivity contribution >= 4 is 23.0 Å². The van der Waals surface area contributed by atoms with Gasteiger partial charge in [-0.05, 0) is 19.1 Å². The molecule has 1 aliphatic rings. The molecule has 0 spiro atoms. The summed E-state index contributed by atoms with van der Waals surface area (Å²) in [6.45, 7) is 5.65. The van der Waals surface area contributed by atoms with E-state index in [-0.39, 0.29) is 10.6 Å². The Labute approximate surface area is 138 Å². The van der Waals surface area contributed by atoms with Crippen molar-refractivity contribution in [1.29, 1.82) is 0 Å². The van der Waals surface area contributed by atoms with Gasteiger partial charge in [-0.3, -0.25) is 15.0 Å². The van der Waals surface area contributed by atoms with Crippen LogP contribution >= 0.6 is 11.6 Å². The molecular weight excluding hydrogens is 320 g/mol. The van der Waals surface area contributed by atoms with Crippen molar-refractivity contribution in [2.45, 2.75) is 13.5 Å². The van der Waals surface area contributed by atoms with Crippen LogP contribution in [0, 0.1) is 17.0 Å². The molecule has 0 saturated carbocycles. The number of halogens is 1. The molecule has 0 aliphatic carbocycles. The third-order valence-corrected chi connectivity index (χ3v) is 4.14.